The van der Waals surface area contributed by atoms with Crippen LogP contribution in [-0.4, -0.2) is 45.7 Å². The molecule has 0 unspecified atom stereocenters. The lowest BCUT2D eigenvalue weighted by atomic mass is 9.53. The fourth-order valence-corrected chi connectivity index (χ4v) is 5.96. The topological polar surface area (TPSA) is 129 Å². The molecule has 10 heteroatoms. The zero-order valence-corrected chi connectivity index (χ0v) is 20.5. The third-order valence-corrected chi connectivity index (χ3v) is 8.03. The van der Waals surface area contributed by atoms with Crippen LogP contribution in [0.3, 0.4) is 0 Å². The van der Waals surface area contributed by atoms with Crippen LogP contribution in [0.25, 0.3) is 0 Å². The van der Waals surface area contributed by atoms with Crippen molar-refractivity contribution in [3.8, 4) is 5.88 Å². The Bertz CT molecular complexity index is 1090. The third-order valence-electron chi connectivity index (χ3n) is 7.05. The van der Waals surface area contributed by atoms with Crippen LogP contribution in [0.15, 0.2) is 6.07 Å². The molecule has 34 heavy (non-hydrogen) atoms. The summed E-state index contributed by atoms with van der Waals surface area (Å²) in [7, 11) is 0. The number of primary amides is 1. The molecule has 2 fully saturated rings. The summed E-state index contributed by atoms with van der Waals surface area (Å²) in [5, 5.41) is 12.7. The number of carbonyl (C=O) groups excluding carboxylic acids is 2. The van der Waals surface area contributed by atoms with Gasteiger partial charge in [-0.05, 0) is 49.5 Å². The van der Waals surface area contributed by atoms with Crippen molar-refractivity contribution in [2.45, 2.75) is 77.5 Å². The number of aromatic nitrogens is 3. The largest absolute Gasteiger partial charge is 0.474 e. The van der Waals surface area contributed by atoms with Gasteiger partial charge in [0.15, 0.2) is 0 Å². The van der Waals surface area contributed by atoms with Crippen LogP contribution in [0, 0.1) is 11.3 Å². The van der Waals surface area contributed by atoms with E-state index in [-0.39, 0.29) is 23.5 Å². The molecule has 2 aromatic rings. The van der Waals surface area contributed by atoms with E-state index < -0.39 is 5.91 Å². The molecule has 2 aromatic heterocycles. The molecule has 182 valence electrons. The summed E-state index contributed by atoms with van der Waals surface area (Å²) in [4.78, 5) is 29.1. The van der Waals surface area contributed by atoms with Gasteiger partial charge >= 0.3 is 0 Å². The summed E-state index contributed by atoms with van der Waals surface area (Å²) in [6, 6.07) is 1.91. The summed E-state index contributed by atoms with van der Waals surface area (Å²) >= 11 is 1.39. The molecule has 0 bridgehead atoms. The van der Waals surface area contributed by atoms with Gasteiger partial charge in [0, 0.05) is 24.4 Å². The van der Waals surface area contributed by atoms with Gasteiger partial charge in [-0.25, -0.2) is 4.98 Å². The first-order chi connectivity index (χ1) is 16.3. The first kappa shape index (κ1) is 23.2. The second kappa shape index (κ2) is 9.22. The van der Waals surface area contributed by atoms with Crippen molar-refractivity contribution in [1.29, 1.82) is 0 Å². The Kier molecular flexibility index (Phi) is 6.28. The highest BCUT2D eigenvalue weighted by atomic mass is 32.1. The minimum Gasteiger partial charge on any atom is -0.474 e. The zero-order valence-electron chi connectivity index (χ0n) is 19.6. The number of hydrogen-bond donors (Lipinski definition) is 2. The number of nitrogens with two attached hydrogens (primary N) is 1. The van der Waals surface area contributed by atoms with Crippen LogP contribution >= 0.6 is 11.3 Å². The number of pyridine rings is 1. The zero-order chi connectivity index (χ0) is 23.9. The van der Waals surface area contributed by atoms with Crippen LogP contribution in [0.5, 0.6) is 5.88 Å². The summed E-state index contributed by atoms with van der Waals surface area (Å²) < 4.78 is 11.6. The van der Waals surface area contributed by atoms with Gasteiger partial charge in [0.1, 0.15) is 16.7 Å². The van der Waals surface area contributed by atoms with E-state index in [4.69, 9.17) is 15.2 Å². The normalized spacial score (nSPS) is 25.4. The molecule has 9 nitrogen and oxygen atoms in total. The number of ether oxygens (including phenoxy) is 2. The number of aryl methyl sites for hydroxylation is 1. The third kappa shape index (κ3) is 4.79. The van der Waals surface area contributed by atoms with E-state index in [0.29, 0.717) is 42.0 Å². The Balaban J connectivity index is 1.11. The number of hydrogen-bond acceptors (Lipinski definition) is 8. The van der Waals surface area contributed by atoms with Crippen LogP contribution in [0.2, 0.25) is 0 Å². The monoisotopic (exact) mass is 485 g/mol. The quantitative estimate of drug-likeness (QED) is 0.588. The molecule has 5 rings (SSSR count). The Morgan fingerprint density at radius 3 is 2.82 bits per heavy atom. The Morgan fingerprint density at radius 1 is 1.29 bits per heavy atom. The summed E-state index contributed by atoms with van der Waals surface area (Å²) in [6.07, 6.45) is 6.24. The molecule has 1 spiro atoms. The lowest BCUT2D eigenvalue weighted by Gasteiger charge is -2.57. The Labute approximate surface area is 202 Å². The minimum absolute atomic E-state index is 0.00631. The summed E-state index contributed by atoms with van der Waals surface area (Å²) in [5.41, 5.74) is 7.89. The van der Waals surface area contributed by atoms with Gasteiger partial charge in [-0.2, -0.15) is 0 Å². The van der Waals surface area contributed by atoms with E-state index in [9.17, 15) is 9.59 Å². The van der Waals surface area contributed by atoms with Gasteiger partial charge in [0.2, 0.25) is 10.9 Å². The van der Waals surface area contributed by atoms with Gasteiger partial charge < -0.3 is 20.5 Å². The van der Waals surface area contributed by atoms with E-state index in [1.165, 1.54) is 11.3 Å². The Hall–Kier alpha value is -2.59. The van der Waals surface area contributed by atoms with Gasteiger partial charge in [0.05, 0.1) is 18.9 Å². The average molecular weight is 486 g/mol. The minimum atomic E-state index is -0.541. The Morgan fingerprint density at radius 2 is 2.09 bits per heavy atom. The smallest absolute Gasteiger partial charge is 0.282 e. The van der Waals surface area contributed by atoms with Crippen molar-refractivity contribution in [1.82, 2.24) is 20.5 Å². The summed E-state index contributed by atoms with van der Waals surface area (Å²) in [5.74, 6) is 0.262. The van der Waals surface area contributed by atoms with Crippen molar-refractivity contribution in [3.05, 3.63) is 32.9 Å². The molecular weight excluding hydrogens is 454 g/mol. The van der Waals surface area contributed by atoms with E-state index in [0.717, 1.165) is 54.8 Å². The predicted molar refractivity (Wildman–Crippen MR) is 126 cm³/mol. The fourth-order valence-electron chi connectivity index (χ4n) is 5.21. The highest BCUT2D eigenvalue weighted by Crippen LogP contribution is 2.56. The van der Waals surface area contributed by atoms with Gasteiger partial charge in [-0.15, -0.1) is 10.2 Å². The maximum Gasteiger partial charge on any atom is 0.282 e. The number of amides is 2. The molecular formula is C24H31N5O4S. The SMILES string of the molecule is CC(C)CCc1nnc(C(=O)NC2CC3(C2)CC(Oc2nc4c(cc2C(N)=O)COCC4)C3)s1. The molecule has 3 aliphatic rings. The number of carbonyl (C=O) groups is 2. The molecule has 3 heterocycles. The molecule has 2 saturated carbocycles. The maximum absolute atomic E-state index is 12.6. The standard InChI is InChI=1S/C24H31N5O4S/c1-13(2)3-4-19-28-29-23(34-19)21(31)26-15-8-24(9-15)10-16(11-24)33-22-17(20(25)30)7-14-12-32-6-5-18(14)27-22/h7,13,15-16H,3-6,8-12H2,1-2H3,(H2,25,30)(H,26,31). The lowest BCUT2D eigenvalue weighted by Crippen LogP contribution is -2.58. The lowest BCUT2D eigenvalue weighted by molar-refractivity contribution is -0.0849. The van der Waals surface area contributed by atoms with Crippen LogP contribution in [0.1, 0.15) is 82.4 Å². The van der Waals surface area contributed by atoms with Crippen LogP contribution in [-0.2, 0) is 24.2 Å². The highest BCUT2D eigenvalue weighted by molar-refractivity contribution is 7.13. The van der Waals surface area contributed by atoms with Gasteiger partial charge in [0.25, 0.3) is 11.8 Å². The van der Waals surface area contributed by atoms with Gasteiger partial charge in [-0.3, -0.25) is 9.59 Å². The van der Waals surface area contributed by atoms with Crippen molar-refractivity contribution >= 4 is 23.2 Å². The van der Waals surface area contributed by atoms with Crippen molar-refractivity contribution in [2.24, 2.45) is 17.1 Å². The van der Waals surface area contributed by atoms with E-state index in [2.05, 4.69) is 34.3 Å². The molecule has 0 aromatic carbocycles. The van der Waals surface area contributed by atoms with E-state index >= 15 is 0 Å². The number of nitrogens with zero attached hydrogens (tertiary/aromatic N) is 3. The van der Waals surface area contributed by atoms with Crippen molar-refractivity contribution < 1.29 is 19.1 Å². The van der Waals surface area contributed by atoms with Crippen molar-refractivity contribution in [2.75, 3.05) is 6.61 Å². The van der Waals surface area contributed by atoms with E-state index in [1.807, 2.05) is 0 Å². The number of fused-ring (bicyclic) bond motifs is 1. The first-order valence-electron chi connectivity index (χ1n) is 12.0. The number of nitrogens with one attached hydrogen (secondary N) is 1. The van der Waals surface area contributed by atoms with Crippen molar-refractivity contribution in [3.63, 3.8) is 0 Å². The average Bonchev–Trinajstić information content (AvgIpc) is 3.23. The second-order valence-corrected chi connectivity index (χ2v) is 11.3. The summed E-state index contributed by atoms with van der Waals surface area (Å²) in [6.45, 7) is 5.41. The van der Waals surface area contributed by atoms with Gasteiger partial charge in [-0.1, -0.05) is 25.2 Å². The highest BCUT2D eigenvalue weighted by Gasteiger charge is 2.54. The first-order valence-corrected chi connectivity index (χ1v) is 12.8. The molecule has 2 amide bonds. The van der Waals surface area contributed by atoms with E-state index in [1.54, 1.807) is 6.07 Å². The molecule has 0 saturated heterocycles. The molecule has 0 radical (unpaired) electrons. The fraction of sp³-hybridized carbons (Fsp3) is 0.625. The number of rotatable bonds is 8. The van der Waals surface area contributed by atoms with Crippen LogP contribution in [0.4, 0.5) is 0 Å². The molecule has 2 aliphatic carbocycles. The molecule has 1 aliphatic heterocycles. The predicted octanol–water partition coefficient (Wildman–Crippen LogP) is 2.81. The second-order valence-electron chi connectivity index (χ2n) is 10.3. The maximum atomic E-state index is 12.6. The molecule has 0 atom stereocenters. The van der Waals surface area contributed by atoms with Crippen LogP contribution < -0.4 is 15.8 Å². The molecule has 3 N–H and O–H groups in total.